The number of anilines is 1. The molecule has 2 aromatic rings. The zero-order chi connectivity index (χ0) is 22.5. The van der Waals surface area contributed by atoms with Crippen LogP contribution in [0.5, 0.6) is 5.75 Å². The van der Waals surface area contributed by atoms with Gasteiger partial charge in [-0.15, -0.1) is 0 Å². The molecular weight excluding hydrogens is 463 g/mol. The molecule has 1 aliphatic rings. The van der Waals surface area contributed by atoms with Crippen molar-refractivity contribution in [3.05, 3.63) is 62.1 Å². The normalized spacial score (nSPS) is 13.6. The predicted molar refractivity (Wildman–Crippen MR) is 125 cm³/mol. The van der Waals surface area contributed by atoms with Crippen LogP contribution in [-0.2, 0) is 0 Å². The molecule has 1 N–H and O–H groups in total. The Morgan fingerprint density at radius 3 is 2.45 bits per heavy atom. The van der Waals surface area contributed by atoms with Crippen LogP contribution in [0, 0.1) is 10.1 Å². The largest absolute Gasteiger partial charge is 0.492 e. The molecule has 1 fully saturated rings. The number of nitro groups is 1. The van der Waals surface area contributed by atoms with Crippen molar-refractivity contribution in [1.82, 2.24) is 10.2 Å². The van der Waals surface area contributed by atoms with Crippen LogP contribution in [0.15, 0.2) is 36.4 Å². The number of nitrogens with zero attached hydrogens (tertiary/aromatic N) is 3. The fourth-order valence-corrected chi connectivity index (χ4v) is 3.98. The summed E-state index contributed by atoms with van der Waals surface area (Å²) in [7, 11) is 0. The number of thiocarbonyl (C=S) groups is 1. The van der Waals surface area contributed by atoms with E-state index in [1.54, 1.807) is 24.3 Å². The smallest absolute Gasteiger partial charge is 0.271 e. The molecule has 11 heteroatoms. The average Bonchev–Trinajstić information content (AvgIpc) is 2.75. The standard InChI is InChI=1S/C20H20Cl2N4O4S/c1-2-30-18-6-3-13(11-16(18)22)19(27)23-20(31)25-9-7-24(8-10-25)17-5-4-14(26(28)29)12-15(17)21/h3-6,11-12H,2,7-10H2,1H3,(H,23,27,31). The van der Waals surface area contributed by atoms with E-state index >= 15 is 0 Å². The number of nitrogens with one attached hydrogen (secondary N) is 1. The summed E-state index contributed by atoms with van der Waals surface area (Å²) < 4.78 is 5.38. The van der Waals surface area contributed by atoms with Gasteiger partial charge in [0.05, 0.1) is 27.3 Å². The van der Waals surface area contributed by atoms with Gasteiger partial charge in [0, 0.05) is 43.9 Å². The van der Waals surface area contributed by atoms with Crippen molar-refractivity contribution in [2.24, 2.45) is 0 Å². The second kappa shape index (κ2) is 10.1. The summed E-state index contributed by atoms with van der Waals surface area (Å²) in [5, 5.41) is 14.6. The van der Waals surface area contributed by atoms with Crippen molar-refractivity contribution in [2.75, 3.05) is 37.7 Å². The van der Waals surface area contributed by atoms with Gasteiger partial charge in [-0.1, -0.05) is 23.2 Å². The number of hydrogen-bond acceptors (Lipinski definition) is 6. The number of benzene rings is 2. The Balaban J connectivity index is 1.57. The van der Waals surface area contributed by atoms with Gasteiger partial charge >= 0.3 is 0 Å². The predicted octanol–water partition coefficient (Wildman–Crippen LogP) is 4.14. The van der Waals surface area contributed by atoms with Gasteiger partial charge in [-0.3, -0.25) is 20.2 Å². The number of ether oxygens (including phenoxy) is 1. The first kappa shape index (κ1) is 23.1. The van der Waals surface area contributed by atoms with Crippen LogP contribution >= 0.6 is 35.4 Å². The first-order chi connectivity index (χ1) is 14.8. The van der Waals surface area contributed by atoms with E-state index in [4.69, 9.17) is 40.2 Å². The van der Waals surface area contributed by atoms with E-state index in [9.17, 15) is 14.9 Å². The number of carbonyl (C=O) groups is 1. The summed E-state index contributed by atoms with van der Waals surface area (Å²) in [6.45, 7) is 4.66. The first-order valence-electron chi connectivity index (χ1n) is 9.51. The van der Waals surface area contributed by atoms with Gasteiger partial charge in [0.1, 0.15) is 5.75 Å². The maximum atomic E-state index is 12.5. The highest BCUT2D eigenvalue weighted by Crippen LogP contribution is 2.30. The minimum Gasteiger partial charge on any atom is -0.492 e. The SMILES string of the molecule is CCOc1ccc(C(=O)NC(=S)N2CCN(c3ccc([N+](=O)[O-])cc3Cl)CC2)cc1Cl. The van der Waals surface area contributed by atoms with Crippen molar-refractivity contribution in [3.8, 4) is 5.75 Å². The molecule has 2 aromatic carbocycles. The lowest BCUT2D eigenvalue weighted by Gasteiger charge is -2.37. The number of rotatable bonds is 5. The van der Waals surface area contributed by atoms with E-state index in [0.29, 0.717) is 59.3 Å². The highest BCUT2D eigenvalue weighted by Gasteiger charge is 2.23. The third-order valence-corrected chi connectivity index (χ3v) is 5.72. The Morgan fingerprint density at radius 1 is 1.16 bits per heavy atom. The van der Waals surface area contributed by atoms with Gasteiger partial charge in [-0.2, -0.15) is 0 Å². The summed E-state index contributed by atoms with van der Waals surface area (Å²) in [4.78, 5) is 26.8. The third kappa shape index (κ3) is 5.55. The number of nitro benzene ring substituents is 1. The van der Waals surface area contributed by atoms with E-state index in [0.717, 1.165) is 5.69 Å². The molecule has 3 rings (SSSR count). The molecule has 31 heavy (non-hydrogen) atoms. The topological polar surface area (TPSA) is 88.0 Å². The lowest BCUT2D eigenvalue weighted by atomic mass is 10.2. The van der Waals surface area contributed by atoms with E-state index in [1.165, 1.54) is 12.1 Å². The lowest BCUT2D eigenvalue weighted by Crippen LogP contribution is -2.52. The molecule has 0 bridgehead atoms. The van der Waals surface area contributed by atoms with Crippen LogP contribution in [0.4, 0.5) is 11.4 Å². The molecular formula is C20H20Cl2N4O4S. The summed E-state index contributed by atoms with van der Waals surface area (Å²) in [6.07, 6.45) is 0. The average molecular weight is 483 g/mol. The van der Waals surface area contributed by atoms with Gasteiger partial charge in [0.25, 0.3) is 11.6 Å². The molecule has 0 aromatic heterocycles. The van der Waals surface area contributed by atoms with Gasteiger partial charge in [0.2, 0.25) is 0 Å². The molecule has 0 unspecified atom stereocenters. The zero-order valence-corrected chi connectivity index (χ0v) is 19.0. The Kier molecular flexibility index (Phi) is 7.53. The number of amides is 1. The Hall–Kier alpha value is -2.62. The molecule has 0 saturated carbocycles. The summed E-state index contributed by atoms with van der Waals surface area (Å²) >= 11 is 17.8. The van der Waals surface area contributed by atoms with E-state index in [-0.39, 0.29) is 11.6 Å². The summed E-state index contributed by atoms with van der Waals surface area (Å²) in [5.41, 5.74) is 1.06. The van der Waals surface area contributed by atoms with Gasteiger partial charge in [-0.25, -0.2) is 0 Å². The molecule has 0 aliphatic carbocycles. The van der Waals surface area contributed by atoms with Crippen molar-refractivity contribution in [3.63, 3.8) is 0 Å². The van der Waals surface area contributed by atoms with E-state index < -0.39 is 4.92 Å². The molecule has 0 atom stereocenters. The van der Waals surface area contributed by atoms with Crippen molar-refractivity contribution in [2.45, 2.75) is 6.92 Å². The number of piperazine rings is 1. The van der Waals surface area contributed by atoms with Crippen LogP contribution in [-0.4, -0.2) is 53.6 Å². The van der Waals surface area contributed by atoms with Crippen molar-refractivity contribution < 1.29 is 14.5 Å². The van der Waals surface area contributed by atoms with Crippen LogP contribution < -0.4 is 15.0 Å². The van der Waals surface area contributed by atoms with Gasteiger partial charge in [0.15, 0.2) is 5.11 Å². The molecule has 0 radical (unpaired) electrons. The Morgan fingerprint density at radius 2 is 1.87 bits per heavy atom. The second-order valence-corrected chi connectivity index (χ2v) is 7.91. The number of halogens is 2. The van der Waals surface area contributed by atoms with Gasteiger partial charge < -0.3 is 14.5 Å². The van der Waals surface area contributed by atoms with Crippen LogP contribution in [0.1, 0.15) is 17.3 Å². The number of hydrogen-bond donors (Lipinski definition) is 1. The van der Waals surface area contributed by atoms with Gasteiger partial charge in [-0.05, 0) is 43.4 Å². The maximum Gasteiger partial charge on any atom is 0.271 e. The lowest BCUT2D eigenvalue weighted by molar-refractivity contribution is -0.384. The minimum absolute atomic E-state index is 0.0503. The third-order valence-electron chi connectivity index (χ3n) is 4.76. The molecule has 1 saturated heterocycles. The van der Waals surface area contributed by atoms with Crippen molar-refractivity contribution in [1.29, 1.82) is 0 Å². The molecule has 0 spiro atoms. The summed E-state index contributed by atoms with van der Waals surface area (Å²) in [5.74, 6) is 0.167. The molecule has 1 aliphatic heterocycles. The minimum atomic E-state index is -0.480. The zero-order valence-electron chi connectivity index (χ0n) is 16.6. The summed E-state index contributed by atoms with van der Waals surface area (Å²) in [6, 6.07) is 9.24. The second-order valence-electron chi connectivity index (χ2n) is 6.70. The monoisotopic (exact) mass is 482 g/mol. The van der Waals surface area contributed by atoms with Crippen LogP contribution in [0.3, 0.4) is 0 Å². The number of carbonyl (C=O) groups excluding carboxylic acids is 1. The highest BCUT2D eigenvalue weighted by molar-refractivity contribution is 7.80. The molecule has 1 amide bonds. The molecule has 8 nitrogen and oxygen atoms in total. The van der Waals surface area contributed by atoms with Crippen LogP contribution in [0.25, 0.3) is 0 Å². The van der Waals surface area contributed by atoms with Crippen molar-refractivity contribution >= 4 is 57.8 Å². The maximum absolute atomic E-state index is 12.5. The fraction of sp³-hybridized carbons (Fsp3) is 0.300. The molecule has 164 valence electrons. The van der Waals surface area contributed by atoms with Crippen LogP contribution in [0.2, 0.25) is 10.0 Å². The highest BCUT2D eigenvalue weighted by atomic mass is 35.5. The fourth-order valence-electron chi connectivity index (χ4n) is 3.18. The Bertz CT molecular complexity index is 1010. The van der Waals surface area contributed by atoms with E-state index in [2.05, 4.69) is 5.32 Å². The first-order valence-corrected chi connectivity index (χ1v) is 10.7. The van der Waals surface area contributed by atoms with E-state index in [1.807, 2.05) is 16.7 Å². The molecule has 1 heterocycles. The quantitative estimate of drug-likeness (QED) is 0.389. The Labute approximate surface area is 194 Å². The number of non-ortho nitro benzene ring substituents is 1.